The summed E-state index contributed by atoms with van der Waals surface area (Å²) in [5, 5.41) is 12.9. The van der Waals surface area contributed by atoms with Crippen LogP contribution in [0.25, 0.3) is 0 Å². The second kappa shape index (κ2) is 6.60. The van der Waals surface area contributed by atoms with Crippen LogP contribution in [0.15, 0.2) is 36.5 Å². The summed E-state index contributed by atoms with van der Waals surface area (Å²) in [5.41, 5.74) is 3.10. The number of aromatic hydroxyl groups is 1. The summed E-state index contributed by atoms with van der Waals surface area (Å²) in [6.45, 7) is 7.91. The van der Waals surface area contributed by atoms with Gasteiger partial charge in [-0.25, -0.2) is 0 Å². The molecule has 0 bridgehead atoms. The van der Waals surface area contributed by atoms with E-state index in [1.165, 1.54) is 17.8 Å². The smallest absolute Gasteiger partial charge is 0.257 e. The summed E-state index contributed by atoms with van der Waals surface area (Å²) in [5.74, 6) is -0.132. The molecular weight excluding hydrogens is 276 g/mol. The number of hydrogen-bond acceptors (Lipinski definition) is 3. The average Bonchev–Trinajstić information content (AvgIpc) is 2.45. The number of rotatable bonds is 4. The minimum atomic E-state index is -0.315. The molecule has 0 radical (unpaired) electrons. The molecule has 4 nitrogen and oxygen atoms in total. The van der Waals surface area contributed by atoms with Gasteiger partial charge in [-0.05, 0) is 25.3 Å². The predicted molar refractivity (Wildman–Crippen MR) is 86.9 cm³/mol. The van der Waals surface area contributed by atoms with Gasteiger partial charge in [0.2, 0.25) is 0 Å². The fraction of sp³-hybridized carbons (Fsp3) is 0.333. The van der Waals surface area contributed by atoms with Gasteiger partial charge in [0, 0.05) is 18.0 Å². The molecule has 22 heavy (non-hydrogen) atoms. The first-order valence-electron chi connectivity index (χ1n) is 7.41. The van der Waals surface area contributed by atoms with Crippen LogP contribution in [0.1, 0.15) is 47.1 Å². The van der Waals surface area contributed by atoms with Crippen LogP contribution in [0.2, 0.25) is 0 Å². The Morgan fingerprint density at radius 1 is 1.18 bits per heavy atom. The lowest BCUT2D eigenvalue weighted by Gasteiger charge is -2.23. The summed E-state index contributed by atoms with van der Waals surface area (Å²) in [4.78, 5) is 16.5. The molecule has 1 amide bonds. The van der Waals surface area contributed by atoms with E-state index in [9.17, 15) is 9.90 Å². The van der Waals surface area contributed by atoms with Crippen LogP contribution >= 0.6 is 0 Å². The van der Waals surface area contributed by atoms with Crippen molar-refractivity contribution >= 4 is 5.91 Å². The summed E-state index contributed by atoms with van der Waals surface area (Å²) in [7, 11) is 0. The van der Waals surface area contributed by atoms with E-state index < -0.39 is 0 Å². The van der Waals surface area contributed by atoms with Crippen LogP contribution in [-0.2, 0) is 0 Å². The van der Waals surface area contributed by atoms with Crippen LogP contribution in [0.4, 0.5) is 0 Å². The monoisotopic (exact) mass is 298 g/mol. The summed E-state index contributed by atoms with van der Waals surface area (Å²) >= 11 is 0. The Kier molecular flexibility index (Phi) is 4.81. The first-order chi connectivity index (χ1) is 10.4. The van der Waals surface area contributed by atoms with Crippen molar-refractivity contribution in [3.05, 3.63) is 58.9 Å². The SMILES string of the molecule is Cc1ccc(C(NC(=O)c2cnc(C)cc2O)C(C)C)cc1. The topological polar surface area (TPSA) is 62.2 Å². The zero-order chi connectivity index (χ0) is 16.3. The number of aromatic nitrogens is 1. The molecule has 1 aromatic heterocycles. The molecular formula is C18H22N2O2. The minimum Gasteiger partial charge on any atom is -0.507 e. The van der Waals surface area contributed by atoms with Gasteiger partial charge in [0.15, 0.2) is 0 Å². The Hall–Kier alpha value is -2.36. The number of amides is 1. The highest BCUT2D eigenvalue weighted by atomic mass is 16.3. The van der Waals surface area contributed by atoms with Gasteiger partial charge in [-0.2, -0.15) is 0 Å². The Morgan fingerprint density at radius 3 is 2.36 bits per heavy atom. The molecule has 116 valence electrons. The molecule has 0 saturated heterocycles. The zero-order valence-electron chi connectivity index (χ0n) is 13.4. The Bertz CT molecular complexity index is 663. The molecule has 0 spiro atoms. The standard InChI is InChI=1S/C18H22N2O2/c1-11(2)17(14-7-5-12(3)6-8-14)20-18(22)15-10-19-13(4)9-16(15)21/h5-11,17H,1-4H3,(H,19,21)(H,20,22). The molecule has 2 rings (SSSR count). The lowest BCUT2D eigenvalue weighted by atomic mass is 9.95. The van der Waals surface area contributed by atoms with Gasteiger partial charge < -0.3 is 10.4 Å². The van der Waals surface area contributed by atoms with Crippen molar-refractivity contribution < 1.29 is 9.90 Å². The van der Waals surface area contributed by atoms with Gasteiger partial charge in [0.1, 0.15) is 5.75 Å². The molecule has 0 fully saturated rings. The van der Waals surface area contributed by atoms with Gasteiger partial charge in [0.05, 0.1) is 11.6 Å². The maximum absolute atomic E-state index is 12.4. The molecule has 0 aliphatic heterocycles. The number of carbonyl (C=O) groups is 1. The van der Waals surface area contributed by atoms with Crippen molar-refractivity contribution in [3.63, 3.8) is 0 Å². The van der Waals surface area contributed by atoms with E-state index in [1.807, 2.05) is 31.2 Å². The van der Waals surface area contributed by atoms with Gasteiger partial charge in [-0.3, -0.25) is 9.78 Å². The van der Waals surface area contributed by atoms with E-state index in [4.69, 9.17) is 0 Å². The lowest BCUT2D eigenvalue weighted by Crippen LogP contribution is -2.31. The molecule has 1 unspecified atom stereocenters. The van der Waals surface area contributed by atoms with E-state index in [1.54, 1.807) is 6.92 Å². The third-order valence-electron chi connectivity index (χ3n) is 3.65. The van der Waals surface area contributed by atoms with E-state index >= 15 is 0 Å². The van der Waals surface area contributed by atoms with Crippen molar-refractivity contribution in [2.45, 2.75) is 33.7 Å². The van der Waals surface area contributed by atoms with Crippen molar-refractivity contribution in [1.82, 2.24) is 10.3 Å². The van der Waals surface area contributed by atoms with Crippen molar-refractivity contribution in [2.75, 3.05) is 0 Å². The number of nitrogens with zero attached hydrogens (tertiary/aromatic N) is 1. The van der Waals surface area contributed by atoms with Crippen molar-refractivity contribution in [3.8, 4) is 5.75 Å². The van der Waals surface area contributed by atoms with E-state index in [0.29, 0.717) is 5.69 Å². The molecule has 1 heterocycles. The first kappa shape index (κ1) is 16.0. The number of aryl methyl sites for hydroxylation is 2. The van der Waals surface area contributed by atoms with Crippen molar-refractivity contribution in [1.29, 1.82) is 0 Å². The number of pyridine rings is 1. The Balaban J connectivity index is 2.24. The predicted octanol–water partition coefficient (Wildman–Crippen LogP) is 3.53. The van der Waals surface area contributed by atoms with Gasteiger partial charge in [-0.1, -0.05) is 43.7 Å². The second-order valence-corrected chi connectivity index (χ2v) is 5.95. The first-order valence-corrected chi connectivity index (χ1v) is 7.41. The third-order valence-corrected chi connectivity index (χ3v) is 3.65. The van der Waals surface area contributed by atoms with Crippen LogP contribution in [0.5, 0.6) is 5.75 Å². The molecule has 0 aliphatic carbocycles. The molecule has 1 atom stereocenters. The quantitative estimate of drug-likeness (QED) is 0.907. The summed E-state index contributed by atoms with van der Waals surface area (Å²) in [6.07, 6.45) is 1.41. The van der Waals surface area contributed by atoms with Crippen LogP contribution in [0.3, 0.4) is 0 Å². The van der Waals surface area contributed by atoms with Gasteiger partial charge in [-0.15, -0.1) is 0 Å². The van der Waals surface area contributed by atoms with Gasteiger partial charge >= 0.3 is 0 Å². The molecule has 2 N–H and O–H groups in total. The third kappa shape index (κ3) is 3.64. The zero-order valence-corrected chi connectivity index (χ0v) is 13.4. The Labute approximate surface area is 131 Å². The summed E-state index contributed by atoms with van der Waals surface area (Å²) < 4.78 is 0. The average molecular weight is 298 g/mol. The van der Waals surface area contributed by atoms with Crippen LogP contribution in [-0.4, -0.2) is 16.0 Å². The van der Waals surface area contributed by atoms with Crippen LogP contribution in [0, 0.1) is 19.8 Å². The second-order valence-electron chi connectivity index (χ2n) is 5.95. The molecule has 4 heteroatoms. The minimum absolute atomic E-state index is 0.0450. The summed E-state index contributed by atoms with van der Waals surface area (Å²) in [6, 6.07) is 9.48. The maximum atomic E-state index is 12.4. The number of nitrogens with one attached hydrogen (secondary N) is 1. The fourth-order valence-corrected chi connectivity index (χ4v) is 2.35. The molecule has 0 aliphatic rings. The normalized spacial score (nSPS) is 12.2. The maximum Gasteiger partial charge on any atom is 0.257 e. The highest BCUT2D eigenvalue weighted by Gasteiger charge is 2.21. The number of hydrogen-bond donors (Lipinski definition) is 2. The molecule has 1 aromatic carbocycles. The lowest BCUT2D eigenvalue weighted by molar-refractivity contribution is 0.0922. The highest BCUT2D eigenvalue weighted by Crippen LogP contribution is 2.24. The Morgan fingerprint density at radius 2 is 1.82 bits per heavy atom. The van der Waals surface area contributed by atoms with E-state index in [0.717, 1.165) is 5.56 Å². The van der Waals surface area contributed by atoms with E-state index in [2.05, 4.69) is 24.1 Å². The van der Waals surface area contributed by atoms with Crippen molar-refractivity contribution in [2.24, 2.45) is 5.92 Å². The highest BCUT2D eigenvalue weighted by molar-refractivity contribution is 5.96. The fourth-order valence-electron chi connectivity index (χ4n) is 2.35. The van der Waals surface area contributed by atoms with E-state index in [-0.39, 0.29) is 29.2 Å². The molecule has 0 saturated carbocycles. The van der Waals surface area contributed by atoms with Crippen LogP contribution < -0.4 is 5.32 Å². The number of carbonyl (C=O) groups excluding carboxylic acids is 1. The largest absolute Gasteiger partial charge is 0.507 e. The number of benzene rings is 1. The molecule has 2 aromatic rings. The van der Waals surface area contributed by atoms with Gasteiger partial charge in [0.25, 0.3) is 5.91 Å².